The number of nitrogens with zero attached hydrogens (tertiary/aromatic N) is 2. The Morgan fingerprint density at radius 3 is 2.76 bits per heavy atom. The summed E-state index contributed by atoms with van der Waals surface area (Å²) in [4.78, 5) is 15.8. The number of aromatic hydroxyl groups is 1. The van der Waals surface area contributed by atoms with E-state index in [1.54, 1.807) is 18.2 Å². The molecule has 4 aromatic rings. The van der Waals surface area contributed by atoms with E-state index in [1.807, 2.05) is 48.5 Å². The van der Waals surface area contributed by atoms with Crippen LogP contribution in [-0.2, 0) is 11.3 Å². The fourth-order valence-corrected chi connectivity index (χ4v) is 4.26. The van der Waals surface area contributed by atoms with Gasteiger partial charge >= 0.3 is 5.16 Å². The van der Waals surface area contributed by atoms with Gasteiger partial charge in [-0.25, -0.2) is 15.0 Å². The molecule has 0 saturated carbocycles. The number of amides is 1. The van der Waals surface area contributed by atoms with Crippen molar-refractivity contribution in [2.24, 2.45) is 5.10 Å². The van der Waals surface area contributed by atoms with Gasteiger partial charge in [0.2, 0.25) is 0 Å². The largest absolute Gasteiger partial charge is 0.504 e. The molecule has 0 aliphatic carbocycles. The Kier molecular flexibility index (Phi) is 7.16. The second-order valence-electron chi connectivity index (χ2n) is 7.14. The van der Waals surface area contributed by atoms with Crippen LogP contribution in [0.25, 0.3) is 11.0 Å². The van der Waals surface area contributed by atoms with Crippen molar-refractivity contribution < 1.29 is 19.2 Å². The molecule has 1 aromatic heterocycles. The van der Waals surface area contributed by atoms with Crippen molar-refractivity contribution in [2.75, 3.05) is 12.9 Å². The number of para-hydroxylation sites is 3. The zero-order valence-corrected chi connectivity index (χ0v) is 19.4. The minimum Gasteiger partial charge on any atom is -0.504 e. The second-order valence-corrected chi connectivity index (χ2v) is 8.54. The molecular weight excluding hydrogens is 460 g/mol. The fourth-order valence-electron chi connectivity index (χ4n) is 3.30. The number of rotatable bonds is 8. The van der Waals surface area contributed by atoms with Crippen molar-refractivity contribution >= 4 is 46.5 Å². The molecule has 3 aromatic carbocycles. The van der Waals surface area contributed by atoms with Gasteiger partial charge in [-0.2, -0.15) is 5.10 Å². The number of hydrogen-bond acceptors (Lipinski definition) is 5. The maximum atomic E-state index is 12.4. The number of halogens is 1. The Morgan fingerprint density at radius 1 is 1.18 bits per heavy atom. The minimum atomic E-state index is -0.268. The van der Waals surface area contributed by atoms with Crippen LogP contribution < -0.4 is 14.7 Å². The molecule has 3 N–H and O–H groups in total. The van der Waals surface area contributed by atoms with Gasteiger partial charge in [-0.15, -0.1) is 0 Å². The summed E-state index contributed by atoms with van der Waals surface area (Å²) in [7, 11) is 1.47. The summed E-state index contributed by atoms with van der Waals surface area (Å²) in [6.07, 6.45) is 1.38. The molecule has 0 fully saturated rings. The zero-order chi connectivity index (χ0) is 23.2. The summed E-state index contributed by atoms with van der Waals surface area (Å²) in [5.41, 5.74) is 6.07. The van der Waals surface area contributed by atoms with Crippen LogP contribution in [-0.4, -0.2) is 35.1 Å². The molecule has 1 heterocycles. The van der Waals surface area contributed by atoms with Crippen LogP contribution in [0.2, 0.25) is 5.02 Å². The van der Waals surface area contributed by atoms with E-state index in [9.17, 15) is 9.90 Å². The van der Waals surface area contributed by atoms with Crippen LogP contribution in [0, 0.1) is 0 Å². The third-order valence-electron chi connectivity index (χ3n) is 4.92. The van der Waals surface area contributed by atoms with Crippen LogP contribution in [0.3, 0.4) is 0 Å². The van der Waals surface area contributed by atoms with Crippen LogP contribution in [0.5, 0.6) is 11.5 Å². The zero-order valence-electron chi connectivity index (χ0n) is 17.8. The number of aromatic nitrogens is 2. The van der Waals surface area contributed by atoms with Gasteiger partial charge in [0.25, 0.3) is 5.91 Å². The highest BCUT2D eigenvalue weighted by atomic mass is 35.5. The first-order chi connectivity index (χ1) is 16.0. The highest BCUT2D eigenvalue weighted by Gasteiger charge is 2.20. The second kappa shape index (κ2) is 10.4. The normalized spacial score (nSPS) is 11.2. The van der Waals surface area contributed by atoms with E-state index >= 15 is 0 Å². The molecule has 0 bridgehead atoms. The predicted molar refractivity (Wildman–Crippen MR) is 130 cm³/mol. The molecule has 0 aliphatic heterocycles. The van der Waals surface area contributed by atoms with E-state index in [4.69, 9.17) is 16.3 Å². The molecule has 0 atom stereocenters. The highest BCUT2D eigenvalue weighted by Crippen LogP contribution is 2.28. The number of thioether (sulfide) groups is 1. The summed E-state index contributed by atoms with van der Waals surface area (Å²) in [6.45, 7) is 0.637. The lowest BCUT2D eigenvalue weighted by molar-refractivity contribution is -0.700. The van der Waals surface area contributed by atoms with Gasteiger partial charge < -0.3 is 9.84 Å². The number of carbonyl (C=O) groups excluding carboxylic acids is 1. The number of benzene rings is 3. The van der Waals surface area contributed by atoms with Gasteiger partial charge in [0, 0.05) is 10.6 Å². The molecule has 4 rings (SSSR count). The molecule has 0 unspecified atom stereocenters. The van der Waals surface area contributed by atoms with Crippen LogP contribution in [0.15, 0.2) is 77.0 Å². The molecule has 0 radical (unpaired) electrons. The summed E-state index contributed by atoms with van der Waals surface area (Å²) in [6, 6.07) is 20.7. The van der Waals surface area contributed by atoms with Crippen molar-refractivity contribution in [2.45, 2.75) is 11.7 Å². The number of ether oxygens (including phenoxy) is 1. The first-order valence-corrected chi connectivity index (χ1v) is 11.5. The van der Waals surface area contributed by atoms with Crippen LogP contribution >= 0.6 is 23.4 Å². The van der Waals surface area contributed by atoms with Gasteiger partial charge in [0.15, 0.2) is 22.5 Å². The number of hydrazone groups is 1. The van der Waals surface area contributed by atoms with E-state index in [0.29, 0.717) is 22.9 Å². The SMILES string of the molecule is COc1cccc(C=NNC(=O)CSc2[nH]c3ccccc3[n+]2Cc2ccc(Cl)cc2)c1O. The number of phenols is 1. The maximum absolute atomic E-state index is 12.4. The Morgan fingerprint density at radius 2 is 1.97 bits per heavy atom. The quantitative estimate of drug-likeness (QED) is 0.153. The number of carbonyl (C=O) groups is 1. The number of hydrogen-bond donors (Lipinski definition) is 3. The number of imidazole rings is 1. The number of nitrogens with one attached hydrogen (secondary N) is 2. The third kappa shape index (κ3) is 5.47. The number of aromatic amines is 1. The average Bonchev–Trinajstić information content (AvgIpc) is 3.17. The van der Waals surface area contributed by atoms with E-state index in [-0.39, 0.29) is 17.4 Å². The van der Waals surface area contributed by atoms with Gasteiger partial charge in [-0.05, 0) is 53.7 Å². The standard InChI is InChI=1S/C24H21ClN4O3S/c1-32-21-8-4-5-17(23(21)31)13-26-28-22(30)15-33-24-27-19-6-2-3-7-20(19)29(24)14-16-9-11-18(25)12-10-16/h2-13H,14-15H2,1H3,(H2,26,28,30,31)/p+1. The number of H-pyrrole nitrogens is 1. The van der Waals surface area contributed by atoms with Gasteiger partial charge in [0.1, 0.15) is 6.54 Å². The van der Waals surface area contributed by atoms with Crippen molar-refractivity contribution in [3.8, 4) is 11.5 Å². The minimum absolute atomic E-state index is 0.0336. The Hall–Kier alpha value is -3.49. The molecule has 0 aliphatic rings. The van der Waals surface area contributed by atoms with Gasteiger partial charge in [-0.3, -0.25) is 4.79 Å². The summed E-state index contributed by atoms with van der Waals surface area (Å²) >= 11 is 7.40. The fraction of sp³-hybridized carbons (Fsp3) is 0.125. The van der Waals surface area contributed by atoms with Crippen molar-refractivity contribution in [3.63, 3.8) is 0 Å². The lowest BCUT2D eigenvalue weighted by atomic mass is 10.2. The monoisotopic (exact) mass is 481 g/mol. The molecule has 1 amide bonds. The molecular formula is C24H22ClN4O3S+. The first kappa shape index (κ1) is 22.7. The van der Waals surface area contributed by atoms with E-state index < -0.39 is 0 Å². The number of methoxy groups -OCH3 is 1. The van der Waals surface area contributed by atoms with Crippen molar-refractivity contribution in [1.82, 2.24) is 10.4 Å². The lowest BCUT2D eigenvalue weighted by Gasteiger charge is -2.05. The smallest absolute Gasteiger partial charge is 0.317 e. The molecule has 33 heavy (non-hydrogen) atoms. The van der Waals surface area contributed by atoms with E-state index in [2.05, 4.69) is 20.1 Å². The Balaban J connectivity index is 1.44. The number of phenolic OH excluding ortho intramolecular Hbond substituents is 1. The van der Waals surface area contributed by atoms with Crippen molar-refractivity contribution in [1.29, 1.82) is 0 Å². The maximum Gasteiger partial charge on any atom is 0.317 e. The summed E-state index contributed by atoms with van der Waals surface area (Å²) < 4.78 is 7.20. The third-order valence-corrected chi connectivity index (χ3v) is 6.17. The molecule has 168 valence electrons. The van der Waals surface area contributed by atoms with Gasteiger partial charge in [-0.1, -0.05) is 41.9 Å². The highest BCUT2D eigenvalue weighted by molar-refractivity contribution is 7.99. The van der Waals surface area contributed by atoms with Crippen molar-refractivity contribution in [3.05, 3.63) is 82.9 Å². The lowest BCUT2D eigenvalue weighted by Crippen LogP contribution is -2.36. The van der Waals surface area contributed by atoms with Gasteiger partial charge in [0.05, 0.1) is 19.1 Å². The predicted octanol–water partition coefficient (Wildman–Crippen LogP) is 4.11. The van der Waals surface area contributed by atoms with Crippen LogP contribution in [0.4, 0.5) is 0 Å². The molecule has 7 nitrogen and oxygen atoms in total. The van der Waals surface area contributed by atoms with E-state index in [0.717, 1.165) is 21.8 Å². The molecule has 0 spiro atoms. The summed E-state index contributed by atoms with van der Waals surface area (Å²) in [5.74, 6) is 0.198. The topological polar surface area (TPSA) is 90.6 Å². The number of fused-ring (bicyclic) bond motifs is 1. The molecule has 9 heteroatoms. The Labute approximate surface area is 200 Å². The molecule has 0 saturated heterocycles. The average molecular weight is 482 g/mol. The Bertz CT molecular complexity index is 1310. The van der Waals surface area contributed by atoms with Crippen LogP contribution in [0.1, 0.15) is 11.1 Å². The van der Waals surface area contributed by atoms with E-state index in [1.165, 1.54) is 25.1 Å². The summed E-state index contributed by atoms with van der Waals surface area (Å²) in [5, 5.41) is 15.6. The first-order valence-electron chi connectivity index (χ1n) is 10.1.